The fraction of sp³-hybridized carbons (Fsp3) is 0.167. The van der Waals surface area contributed by atoms with Crippen molar-refractivity contribution in [2.75, 3.05) is 25.2 Å². The fourth-order valence-corrected chi connectivity index (χ4v) is 2.77. The molecule has 0 aliphatic rings. The van der Waals surface area contributed by atoms with Gasteiger partial charge in [-0.25, -0.2) is 24.3 Å². The van der Waals surface area contributed by atoms with Gasteiger partial charge >= 0.3 is 0 Å². The molecular formula is C18H16N12O5. The van der Waals surface area contributed by atoms with Crippen LogP contribution in [0.1, 0.15) is 5.56 Å². The molecule has 0 fully saturated rings. The number of carbonyl (C=O) groups excluding carboxylic acids is 1. The number of methoxy groups -OCH3 is 1. The Bertz CT molecular complexity index is 1420. The molecule has 0 saturated heterocycles. The van der Waals surface area contributed by atoms with Crippen molar-refractivity contribution < 1.29 is 23.5 Å². The smallest absolute Gasteiger partial charge is 0.261 e. The Balaban J connectivity index is 1.50. The van der Waals surface area contributed by atoms with Crippen LogP contribution in [-0.2, 0) is 11.3 Å². The molecule has 3 heterocycles. The number of carbonyl (C=O) groups is 1. The maximum atomic E-state index is 12.5. The molecule has 0 aliphatic carbocycles. The van der Waals surface area contributed by atoms with Crippen molar-refractivity contribution in [1.82, 2.24) is 40.8 Å². The van der Waals surface area contributed by atoms with E-state index in [1.807, 2.05) is 6.07 Å². The van der Waals surface area contributed by atoms with Crippen LogP contribution in [0.4, 0.5) is 11.6 Å². The van der Waals surface area contributed by atoms with Crippen molar-refractivity contribution >= 4 is 23.8 Å². The van der Waals surface area contributed by atoms with Gasteiger partial charge in [-0.1, -0.05) is 0 Å². The third-order valence-corrected chi connectivity index (χ3v) is 4.30. The molecule has 3 aromatic heterocycles. The molecule has 17 heteroatoms. The third-order valence-electron chi connectivity index (χ3n) is 4.30. The summed E-state index contributed by atoms with van der Waals surface area (Å²) < 4.78 is 20.9. The minimum absolute atomic E-state index is 0.0169. The largest absolute Gasteiger partial charge is 0.493 e. The number of benzene rings is 1. The highest BCUT2D eigenvalue weighted by Gasteiger charge is 2.24. The van der Waals surface area contributed by atoms with Gasteiger partial charge in [0.1, 0.15) is 12.6 Å². The zero-order valence-corrected chi connectivity index (χ0v) is 17.9. The number of ether oxygens (including phenoxy) is 2. The molecule has 35 heavy (non-hydrogen) atoms. The molecule has 1 aromatic carbocycles. The normalized spacial score (nSPS) is 10.9. The number of amides is 1. The number of rotatable bonds is 9. The van der Waals surface area contributed by atoms with Crippen LogP contribution in [0.3, 0.4) is 0 Å². The number of nitrogens with two attached hydrogens (primary N) is 2. The number of nitrogens with one attached hydrogen (secondary N) is 1. The Morgan fingerprint density at radius 1 is 1.20 bits per heavy atom. The fourth-order valence-electron chi connectivity index (χ4n) is 2.77. The summed E-state index contributed by atoms with van der Waals surface area (Å²) in [5.41, 5.74) is 14.6. The third kappa shape index (κ3) is 4.95. The van der Waals surface area contributed by atoms with Crippen LogP contribution in [-0.4, -0.2) is 61.2 Å². The number of nitrogens with zero attached hydrogens (tertiary/aromatic N) is 9. The predicted octanol–water partition coefficient (Wildman–Crippen LogP) is -0.396. The van der Waals surface area contributed by atoms with Gasteiger partial charge in [-0.2, -0.15) is 10.4 Å². The number of hydrogen-bond donors (Lipinski definition) is 3. The minimum Gasteiger partial charge on any atom is -0.493 e. The maximum absolute atomic E-state index is 12.5. The maximum Gasteiger partial charge on any atom is 0.261 e. The molecule has 0 bridgehead atoms. The van der Waals surface area contributed by atoms with Gasteiger partial charge in [0.05, 0.1) is 13.3 Å². The Morgan fingerprint density at radius 2 is 1.94 bits per heavy atom. The zero-order valence-electron chi connectivity index (χ0n) is 17.9. The molecule has 4 rings (SSSR count). The summed E-state index contributed by atoms with van der Waals surface area (Å²) >= 11 is 0. The molecule has 178 valence electrons. The first-order valence-electron chi connectivity index (χ1n) is 9.61. The molecule has 0 unspecified atom stereocenters. The second kappa shape index (κ2) is 9.95. The van der Waals surface area contributed by atoms with E-state index in [2.05, 4.69) is 50.5 Å². The van der Waals surface area contributed by atoms with Gasteiger partial charge in [-0.15, -0.1) is 5.10 Å². The van der Waals surface area contributed by atoms with E-state index >= 15 is 0 Å². The first-order chi connectivity index (χ1) is 17.0. The monoisotopic (exact) mass is 480 g/mol. The standard InChI is InChI=1S/C18H16N12O5/c1-32-11-6-9(2-3-10(11)33-5-4-19)7-22-24-12(31)8-30-18(14-16(21)29-35-27-14)23-17(25-30)13-15(20)28-34-26-13/h2-3,6-7H,5,8H2,1H3,(H2,20,28)(H2,21,29)(H,24,31). The van der Waals surface area contributed by atoms with E-state index in [0.29, 0.717) is 17.1 Å². The van der Waals surface area contributed by atoms with Crippen molar-refractivity contribution in [3.63, 3.8) is 0 Å². The molecule has 0 saturated carbocycles. The molecule has 1 amide bonds. The first-order valence-corrected chi connectivity index (χ1v) is 9.61. The molecular weight excluding hydrogens is 464 g/mol. The molecule has 17 nitrogen and oxygen atoms in total. The summed E-state index contributed by atoms with van der Waals surface area (Å²) in [5, 5.41) is 31.1. The minimum atomic E-state index is -0.554. The molecule has 5 N–H and O–H groups in total. The van der Waals surface area contributed by atoms with Gasteiger partial charge in [-0.05, 0) is 44.4 Å². The number of hydrazone groups is 1. The lowest BCUT2D eigenvalue weighted by molar-refractivity contribution is -0.121. The summed E-state index contributed by atoms with van der Waals surface area (Å²) in [6.45, 7) is -0.455. The SMILES string of the molecule is COc1cc(C=NNC(=O)Cn2nc(-c3nonc3N)nc2-c2nonc2N)ccc1OCC#N. The van der Waals surface area contributed by atoms with Crippen LogP contribution in [0, 0.1) is 11.3 Å². The Hall–Kier alpha value is -5.53. The lowest BCUT2D eigenvalue weighted by Crippen LogP contribution is -2.24. The van der Waals surface area contributed by atoms with E-state index in [0.717, 1.165) is 0 Å². The van der Waals surface area contributed by atoms with Crippen molar-refractivity contribution in [3.05, 3.63) is 23.8 Å². The summed E-state index contributed by atoms with van der Waals surface area (Å²) in [6.07, 6.45) is 1.39. The van der Waals surface area contributed by atoms with E-state index in [4.69, 9.17) is 26.2 Å². The average molecular weight is 480 g/mol. The van der Waals surface area contributed by atoms with Gasteiger partial charge < -0.3 is 20.9 Å². The second-order valence-corrected chi connectivity index (χ2v) is 6.56. The highest BCUT2D eigenvalue weighted by molar-refractivity contribution is 5.83. The van der Waals surface area contributed by atoms with Crippen molar-refractivity contribution in [2.24, 2.45) is 5.10 Å². The number of nitriles is 1. The van der Waals surface area contributed by atoms with Crippen LogP contribution in [0.25, 0.3) is 23.0 Å². The molecule has 0 radical (unpaired) electrons. The quantitative estimate of drug-likeness (QED) is 0.204. The summed E-state index contributed by atoms with van der Waals surface area (Å²) in [7, 11) is 1.46. The second-order valence-electron chi connectivity index (χ2n) is 6.56. The predicted molar refractivity (Wildman–Crippen MR) is 115 cm³/mol. The van der Waals surface area contributed by atoms with E-state index < -0.39 is 5.91 Å². The Kier molecular flexibility index (Phi) is 6.44. The highest BCUT2D eigenvalue weighted by atomic mass is 16.6. The molecule has 0 aliphatic heterocycles. The van der Waals surface area contributed by atoms with Gasteiger partial charge in [0.2, 0.25) is 5.82 Å². The number of nitrogen functional groups attached to an aromatic ring is 2. The van der Waals surface area contributed by atoms with Gasteiger partial charge in [-0.3, -0.25) is 4.79 Å². The van der Waals surface area contributed by atoms with Crippen LogP contribution < -0.4 is 26.4 Å². The zero-order chi connectivity index (χ0) is 24.8. The molecule has 0 spiro atoms. The van der Waals surface area contributed by atoms with Crippen LogP contribution in [0.5, 0.6) is 11.5 Å². The summed E-state index contributed by atoms with van der Waals surface area (Å²) in [6, 6.07) is 6.79. The Morgan fingerprint density at radius 3 is 2.60 bits per heavy atom. The number of hydrogen-bond acceptors (Lipinski definition) is 15. The van der Waals surface area contributed by atoms with E-state index in [9.17, 15) is 4.79 Å². The topological polar surface area (TPSA) is 244 Å². The van der Waals surface area contributed by atoms with E-state index in [1.165, 1.54) is 18.0 Å². The van der Waals surface area contributed by atoms with Gasteiger partial charge in [0, 0.05) is 0 Å². The van der Waals surface area contributed by atoms with Gasteiger partial charge in [0.15, 0.2) is 47.0 Å². The number of anilines is 2. The van der Waals surface area contributed by atoms with Crippen molar-refractivity contribution in [1.29, 1.82) is 5.26 Å². The van der Waals surface area contributed by atoms with Gasteiger partial charge in [0.25, 0.3) is 5.91 Å². The van der Waals surface area contributed by atoms with Crippen LogP contribution >= 0.6 is 0 Å². The van der Waals surface area contributed by atoms with Crippen LogP contribution in [0.2, 0.25) is 0 Å². The first kappa shape index (κ1) is 22.7. The van der Waals surface area contributed by atoms with E-state index in [-0.39, 0.29) is 47.8 Å². The average Bonchev–Trinajstić information content (AvgIpc) is 3.57. The summed E-state index contributed by atoms with van der Waals surface area (Å²) in [4.78, 5) is 16.8. The van der Waals surface area contributed by atoms with Crippen molar-refractivity contribution in [3.8, 4) is 40.6 Å². The molecule has 0 atom stereocenters. The number of aromatic nitrogens is 7. The lowest BCUT2D eigenvalue weighted by atomic mass is 10.2. The highest BCUT2D eigenvalue weighted by Crippen LogP contribution is 2.27. The Labute approximate surface area is 195 Å². The molecule has 4 aromatic rings. The lowest BCUT2D eigenvalue weighted by Gasteiger charge is -2.08. The summed E-state index contributed by atoms with van der Waals surface area (Å²) in [5.74, 6) is 0.215. The van der Waals surface area contributed by atoms with Crippen LogP contribution in [0.15, 0.2) is 32.6 Å². The van der Waals surface area contributed by atoms with Crippen molar-refractivity contribution in [2.45, 2.75) is 6.54 Å². The van der Waals surface area contributed by atoms with E-state index in [1.54, 1.807) is 18.2 Å².